The Labute approximate surface area is 181 Å². The molecule has 11 nitrogen and oxygen atoms in total. The van der Waals surface area contributed by atoms with E-state index < -0.39 is 79.3 Å². The summed E-state index contributed by atoms with van der Waals surface area (Å²) in [4.78, 5) is 36.7. The van der Waals surface area contributed by atoms with Gasteiger partial charge in [-0.05, 0) is 10.9 Å². The van der Waals surface area contributed by atoms with Gasteiger partial charge < -0.3 is 35.1 Å². The quantitative estimate of drug-likeness (QED) is 0.179. The molecule has 2 atom stereocenters. The fourth-order valence-electron chi connectivity index (χ4n) is 3.50. The third kappa shape index (κ3) is 2.69. The fraction of sp³-hybridized carbons (Fsp3) is 0.308. The Morgan fingerprint density at radius 2 is 1.52 bits per heavy atom. The van der Waals surface area contributed by atoms with Crippen LogP contribution in [0.3, 0.4) is 0 Å². The lowest BCUT2D eigenvalue weighted by molar-refractivity contribution is -0.299. The number of benzene rings is 1. The zero-order valence-electron chi connectivity index (χ0n) is 15.2. The molecule has 12 radical (unpaired) electrons. The molecule has 2 heterocycles. The molecule has 146 valence electrons. The highest BCUT2D eigenvalue weighted by molar-refractivity contribution is 6.49. The lowest BCUT2D eigenvalue weighted by Gasteiger charge is -2.51. The molecule has 2 aliphatic heterocycles. The van der Waals surface area contributed by atoms with Gasteiger partial charge in [-0.1, -0.05) is 0 Å². The van der Waals surface area contributed by atoms with E-state index in [0.717, 1.165) is 0 Å². The van der Waals surface area contributed by atoms with Crippen LogP contribution in [0.2, 0.25) is 0 Å². The highest BCUT2D eigenvalue weighted by Gasteiger charge is 2.69. The molecule has 0 spiro atoms. The molecule has 0 bridgehead atoms. The molecule has 1 fully saturated rings. The smallest absolute Gasteiger partial charge is 0.281 e. The number of carbonyl (C=O) groups is 3. The van der Waals surface area contributed by atoms with Crippen LogP contribution in [-0.4, -0.2) is 118 Å². The van der Waals surface area contributed by atoms with Gasteiger partial charge in [-0.3, -0.25) is 19.3 Å². The van der Waals surface area contributed by atoms with Gasteiger partial charge in [0.2, 0.25) is 29.9 Å². The van der Waals surface area contributed by atoms with Gasteiger partial charge in [-0.15, -0.1) is 0 Å². The number of aliphatic hydroxyl groups is 5. The van der Waals surface area contributed by atoms with Crippen LogP contribution in [0.4, 0.5) is 10.1 Å². The highest BCUT2D eigenvalue weighted by Crippen LogP contribution is 2.44. The minimum atomic E-state index is -4.00. The second-order valence-electron chi connectivity index (χ2n) is 6.87. The lowest BCUT2D eigenvalue weighted by Crippen LogP contribution is -2.81. The zero-order chi connectivity index (χ0) is 24.0. The minimum absolute atomic E-state index is 0.104. The number of halogens is 1. The molecule has 1 aromatic rings. The Bertz CT molecular complexity index is 1050. The molecule has 0 saturated carbocycles. The monoisotopic (exact) mass is 417 g/mol. The van der Waals surface area contributed by atoms with Gasteiger partial charge in [0, 0.05) is 11.3 Å². The van der Waals surface area contributed by atoms with Gasteiger partial charge in [-0.25, -0.2) is 4.39 Å². The molecule has 2 unspecified atom stereocenters. The largest absolute Gasteiger partial charge is 0.479 e. The van der Waals surface area contributed by atoms with Crippen molar-refractivity contribution in [1.82, 2.24) is 9.71 Å². The van der Waals surface area contributed by atoms with Crippen LogP contribution in [0.5, 0.6) is 0 Å². The third-order valence-electron chi connectivity index (χ3n) is 5.07. The van der Waals surface area contributed by atoms with Crippen molar-refractivity contribution in [3.8, 4) is 0 Å². The Balaban J connectivity index is 2.35. The molecule has 0 aliphatic carbocycles. The summed E-state index contributed by atoms with van der Waals surface area (Å²) in [6.45, 7) is 0. The summed E-state index contributed by atoms with van der Waals surface area (Å²) in [5, 5.41) is 51.8. The number of imide groups is 1. The number of fused-ring (bicyclic) bond motifs is 1. The van der Waals surface area contributed by atoms with E-state index in [4.69, 9.17) is 47.5 Å². The minimum Gasteiger partial charge on any atom is -0.479 e. The number of hydrogen-bond donors (Lipinski definition) is 5. The van der Waals surface area contributed by atoms with E-state index in [0.29, 0.717) is 0 Å². The van der Waals surface area contributed by atoms with Gasteiger partial charge in [0.1, 0.15) is 40.9 Å². The summed E-state index contributed by atoms with van der Waals surface area (Å²) in [6, 6.07) is -2.85. The summed E-state index contributed by atoms with van der Waals surface area (Å²) >= 11 is 0. The van der Waals surface area contributed by atoms with Crippen molar-refractivity contribution >= 4 is 81.8 Å². The van der Waals surface area contributed by atoms with Crippen LogP contribution < -0.4 is 15.6 Å². The van der Waals surface area contributed by atoms with Gasteiger partial charge >= 0.3 is 0 Å². The van der Waals surface area contributed by atoms with Gasteiger partial charge in [-0.2, -0.15) is 0 Å². The van der Waals surface area contributed by atoms with Crippen LogP contribution >= 0.6 is 0 Å². The Morgan fingerprint density at radius 3 is 2.00 bits per heavy atom. The van der Waals surface area contributed by atoms with E-state index in [2.05, 4.69) is 0 Å². The summed E-state index contributed by atoms with van der Waals surface area (Å²) < 4.78 is 14.6. The van der Waals surface area contributed by atoms with Gasteiger partial charge in [0.15, 0.2) is 0 Å². The van der Waals surface area contributed by atoms with Crippen LogP contribution in [0.15, 0.2) is 0 Å². The SMILES string of the molecule is [B]c1c(F)c([B])c(N([B])[B])c2c1C(=O)N(C1C(=O)N([B])C(=O)C(O)(O)C1([B])O)C2(O)O. The number of amides is 3. The van der Waals surface area contributed by atoms with Crippen molar-refractivity contribution < 1.29 is 44.3 Å². The van der Waals surface area contributed by atoms with Crippen molar-refractivity contribution in [2.75, 3.05) is 4.72 Å². The Morgan fingerprint density at radius 1 is 1.00 bits per heavy atom. The number of hydrogen-bond acceptors (Lipinski definition) is 9. The maximum absolute atomic E-state index is 14.5. The van der Waals surface area contributed by atoms with E-state index in [1.165, 1.54) is 0 Å². The molecule has 3 amide bonds. The van der Waals surface area contributed by atoms with Crippen LogP contribution in [-0.2, 0) is 15.5 Å². The number of nitrogens with zero attached hydrogens (tertiary/aromatic N) is 3. The summed E-state index contributed by atoms with van der Waals surface area (Å²) in [5.41, 5.74) is -8.67. The van der Waals surface area contributed by atoms with E-state index in [-0.39, 0.29) is 9.62 Å². The van der Waals surface area contributed by atoms with E-state index in [1.54, 1.807) is 0 Å². The normalized spacial score (nSPS) is 26.9. The predicted octanol–water partition coefficient (Wildman–Crippen LogP) is -7.70. The number of carbonyl (C=O) groups excluding carboxylic acids is 3. The third-order valence-corrected chi connectivity index (χ3v) is 5.07. The molecule has 3 rings (SSSR count). The van der Waals surface area contributed by atoms with Crippen LogP contribution in [0.25, 0.3) is 0 Å². The van der Waals surface area contributed by atoms with Crippen molar-refractivity contribution in [2.45, 2.75) is 23.2 Å². The fourth-order valence-corrected chi connectivity index (χ4v) is 3.50. The van der Waals surface area contributed by atoms with Gasteiger partial charge in [0.05, 0.1) is 5.56 Å². The first-order chi connectivity index (χ1) is 13.9. The van der Waals surface area contributed by atoms with Crippen LogP contribution in [0, 0.1) is 5.82 Å². The molecular weight excluding hydrogens is 410 g/mol. The van der Waals surface area contributed by atoms with Crippen LogP contribution in [0.1, 0.15) is 15.9 Å². The molecule has 1 saturated heterocycles. The van der Waals surface area contributed by atoms with Gasteiger partial charge in [0.25, 0.3) is 23.5 Å². The molecule has 1 aromatic carbocycles. The zero-order valence-corrected chi connectivity index (χ0v) is 15.2. The first-order valence-corrected chi connectivity index (χ1v) is 8.01. The maximum Gasteiger partial charge on any atom is 0.281 e. The molecule has 31 heavy (non-hydrogen) atoms. The van der Waals surface area contributed by atoms with E-state index in [9.17, 15) is 44.3 Å². The number of piperidine rings is 1. The first kappa shape index (κ1) is 23.4. The number of rotatable bonds is 2. The second-order valence-corrected chi connectivity index (χ2v) is 6.87. The topological polar surface area (TPSA) is 162 Å². The standard InChI is InChI=1S/C13H6B6FN3O8/c14-3-1-2(6(23(18)19)4(15)5(3)20)13(30,31)21(8(1)24)7-9(25)22(17)10(26)12(28,29)11(7,16)27/h7,27-31H. The average molecular weight is 416 g/mol. The maximum atomic E-state index is 14.5. The van der Waals surface area contributed by atoms with E-state index >= 15 is 0 Å². The highest BCUT2D eigenvalue weighted by atomic mass is 19.1. The molecule has 5 N–H and O–H groups in total. The van der Waals surface area contributed by atoms with Crippen molar-refractivity contribution in [1.29, 1.82) is 0 Å². The average Bonchev–Trinajstić information content (AvgIpc) is 2.84. The van der Waals surface area contributed by atoms with Crippen molar-refractivity contribution in [3.63, 3.8) is 0 Å². The predicted molar refractivity (Wildman–Crippen MR) is 103 cm³/mol. The van der Waals surface area contributed by atoms with E-state index in [1.807, 2.05) is 0 Å². The molecular formula is C13H6B6FN3O8. The van der Waals surface area contributed by atoms with Crippen molar-refractivity contribution in [2.24, 2.45) is 0 Å². The van der Waals surface area contributed by atoms with Crippen molar-refractivity contribution in [3.05, 3.63) is 16.9 Å². The number of anilines is 1. The lowest BCUT2D eigenvalue weighted by atomic mass is 9.64. The summed E-state index contributed by atoms with van der Waals surface area (Å²) in [7, 11) is 32.2. The first-order valence-electron chi connectivity index (χ1n) is 8.01. The summed E-state index contributed by atoms with van der Waals surface area (Å²) in [5.74, 6) is -14.6. The molecule has 2 aliphatic rings. The Kier molecular flexibility index (Phi) is 5.00. The molecule has 18 heteroatoms. The molecule has 0 aromatic heterocycles. The Hall–Kier alpha value is -2.25. The summed E-state index contributed by atoms with van der Waals surface area (Å²) in [6.07, 6.45) is 0. The second kappa shape index (κ2) is 6.62.